The van der Waals surface area contributed by atoms with Gasteiger partial charge in [0, 0.05) is 6.54 Å². The fraction of sp³-hybridized carbons (Fsp3) is 0.714. The highest BCUT2D eigenvalue weighted by Crippen LogP contribution is 2.23. The molecule has 60 valence electrons. The van der Waals surface area contributed by atoms with Crippen molar-refractivity contribution in [3.05, 3.63) is 0 Å². The normalized spacial score (nSPS) is 29.5. The Balaban J connectivity index is 2.58. The van der Waals surface area contributed by atoms with Gasteiger partial charge in [0.15, 0.2) is 6.19 Å². The van der Waals surface area contributed by atoms with Crippen LogP contribution < -0.4 is 10.6 Å². The summed E-state index contributed by atoms with van der Waals surface area (Å²) in [4.78, 5) is 11.2. The summed E-state index contributed by atoms with van der Waals surface area (Å²) in [6.07, 6.45) is 2.45. The molecule has 2 N–H and O–H groups in total. The summed E-state index contributed by atoms with van der Waals surface area (Å²) >= 11 is 0. The van der Waals surface area contributed by atoms with Gasteiger partial charge in [0.05, 0.1) is 5.41 Å². The lowest BCUT2D eigenvalue weighted by molar-refractivity contribution is -0.127. The number of nitriles is 1. The van der Waals surface area contributed by atoms with Gasteiger partial charge in [-0.1, -0.05) is 0 Å². The van der Waals surface area contributed by atoms with Gasteiger partial charge in [-0.15, -0.1) is 0 Å². The highest BCUT2D eigenvalue weighted by Gasteiger charge is 2.35. The maximum absolute atomic E-state index is 11.2. The van der Waals surface area contributed by atoms with Gasteiger partial charge in [0.25, 0.3) is 0 Å². The van der Waals surface area contributed by atoms with Crippen LogP contribution in [0.2, 0.25) is 0 Å². The van der Waals surface area contributed by atoms with Gasteiger partial charge in [-0.3, -0.25) is 10.1 Å². The predicted octanol–water partition coefficient (Wildman–Crippen LogP) is -0.417. The molecule has 1 fully saturated rings. The molecule has 0 spiro atoms. The summed E-state index contributed by atoms with van der Waals surface area (Å²) in [6, 6.07) is 0. The maximum atomic E-state index is 11.2. The molecule has 1 heterocycles. The fourth-order valence-corrected chi connectivity index (χ4v) is 1.21. The maximum Gasteiger partial charge on any atom is 0.240 e. The highest BCUT2D eigenvalue weighted by atomic mass is 16.2. The molecule has 1 aliphatic heterocycles. The van der Waals surface area contributed by atoms with E-state index in [2.05, 4.69) is 10.6 Å². The van der Waals surface area contributed by atoms with Crippen LogP contribution in [0.3, 0.4) is 0 Å². The number of amides is 1. The predicted molar refractivity (Wildman–Crippen MR) is 39.3 cm³/mol. The first kappa shape index (κ1) is 8.02. The van der Waals surface area contributed by atoms with Crippen molar-refractivity contribution in [3.8, 4) is 6.19 Å². The topological polar surface area (TPSA) is 64.9 Å². The van der Waals surface area contributed by atoms with Crippen LogP contribution in [0.1, 0.15) is 13.3 Å². The van der Waals surface area contributed by atoms with Gasteiger partial charge >= 0.3 is 0 Å². The Morgan fingerprint density at radius 1 is 1.82 bits per heavy atom. The lowest BCUT2D eigenvalue weighted by atomic mass is 9.89. The van der Waals surface area contributed by atoms with Crippen LogP contribution in [0, 0.1) is 16.9 Å². The number of carbonyl (C=O) groups is 1. The fourth-order valence-electron chi connectivity index (χ4n) is 1.21. The minimum absolute atomic E-state index is 0.176. The lowest BCUT2D eigenvalue weighted by Crippen LogP contribution is -2.38. The summed E-state index contributed by atoms with van der Waals surface area (Å²) in [6.45, 7) is 3.38. The number of hydrogen-bond donors (Lipinski definition) is 2. The minimum atomic E-state index is -0.379. The molecule has 4 nitrogen and oxygen atoms in total. The smallest absolute Gasteiger partial charge is 0.240 e. The van der Waals surface area contributed by atoms with Crippen LogP contribution in [0.5, 0.6) is 0 Å². The first-order valence-electron chi connectivity index (χ1n) is 3.59. The zero-order chi connectivity index (χ0) is 8.32. The molecule has 1 amide bonds. The Morgan fingerprint density at radius 2 is 2.55 bits per heavy atom. The Morgan fingerprint density at radius 3 is 3.00 bits per heavy atom. The molecule has 0 aromatic carbocycles. The van der Waals surface area contributed by atoms with E-state index in [4.69, 9.17) is 5.26 Å². The summed E-state index contributed by atoms with van der Waals surface area (Å²) in [5.74, 6) is -0.176. The number of rotatable bonds is 1. The molecule has 0 radical (unpaired) electrons. The average molecular weight is 153 g/mol. The van der Waals surface area contributed by atoms with Gasteiger partial charge in [-0.25, -0.2) is 0 Å². The summed E-state index contributed by atoms with van der Waals surface area (Å²) in [5.41, 5.74) is -0.379. The Bertz CT molecular complexity index is 200. The molecular weight excluding hydrogens is 142 g/mol. The molecule has 1 saturated heterocycles. The number of nitrogens with one attached hydrogen (secondary N) is 2. The van der Waals surface area contributed by atoms with Crippen molar-refractivity contribution < 1.29 is 4.79 Å². The summed E-state index contributed by atoms with van der Waals surface area (Å²) in [7, 11) is 0. The van der Waals surface area contributed by atoms with Crippen molar-refractivity contribution >= 4 is 5.91 Å². The van der Waals surface area contributed by atoms with Crippen LogP contribution in [0.4, 0.5) is 0 Å². The summed E-state index contributed by atoms with van der Waals surface area (Å²) < 4.78 is 0. The third-order valence-corrected chi connectivity index (χ3v) is 2.09. The van der Waals surface area contributed by atoms with E-state index in [9.17, 15) is 4.79 Å². The lowest BCUT2D eigenvalue weighted by Gasteiger charge is -2.18. The van der Waals surface area contributed by atoms with Crippen LogP contribution >= 0.6 is 0 Å². The highest BCUT2D eigenvalue weighted by molar-refractivity contribution is 5.84. The van der Waals surface area contributed by atoms with Crippen LogP contribution in [0.15, 0.2) is 0 Å². The molecule has 0 saturated carbocycles. The first-order chi connectivity index (χ1) is 5.19. The Labute approximate surface area is 65.6 Å². The third-order valence-electron chi connectivity index (χ3n) is 2.09. The SMILES string of the molecule is CC1(C(=O)NC#N)CCNC1. The summed E-state index contributed by atoms with van der Waals surface area (Å²) in [5, 5.41) is 13.4. The van der Waals surface area contributed by atoms with E-state index in [1.807, 2.05) is 6.92 Å². The van der Waals surface area contributed by atoms with Crippen LogP contribution in [-0.4, -0.2) is 19.0 Å². The monoisotopic (exact) mass is 153 g/mol. The van der Waals surface area contributed by atoms with E-state index in [0.717, 1.165) is 13.0 Å². The third kappa shape index (κ3) is 1.49. The molecular formula is C7H11N3O. The average Bonchev–Trinajstić information content (AvgIpc) is 2.38. The van der Waals surface area contributed by atoms with E-state index < -0.39 is 0 Å². The molecule has 4 heteroatoms. The molecule has 0 aliphatic carbocycles. The Hall–Kier alpha value is -1.08. The molecule has 1 unspecified atom stereocenters. The van der Waals surface area contributed by atoms with Gasteiger partial charge < -0.3 is 5.32 Å². The zero-order valence-electron chi connectivity index (χ0n) is 6.48. The quantitative estimate of drug-likeness (QED) is 0.397. The largest absolute Gasteiger partial charge is 0.316 e. The molecule has 1 aliphatic rings. The van der Waals surface area contributed by atoms with Gasteiger partial charge in [-0.2, -0.15) is 5.26 Å². The molecule has 0 aromatic rings. The van der Waals surface area contributed by atoms with Crippen molar-refractivity contribution in [3.63, 3.8) is 0 Å². The van der Waals surface area contributed by atoms with Crippen molar-refractivity contribution in [2.45, 2.75) is 13.3 Å². The van der Waals surface area contributed by atoms with E-state index in [0.29, 0.717) is 6.54 Å². The van der Waals surface area contributed by atoms with Gasteiger partial charge in [0.1, 0.15) is 0 Å². The number of hydrogen-bond acceptors (Lipinski definition) is 3. The van der Waals surface area contributed by atoms with Crippen molar-refractivity contribution in [2.24, 2.45) is 5.41 Å². The molecule has 0 bridgehead atoms. The zero-order valence-corrected chi connectivity index (χ0v) is 6.48. The van der Waals surface area contributed by atoms with E-state index >= 15 is 0 Å². The standard InChI is InChI=1S/C7H11N3O/c1-7(2-3-9-4-7)6(11)10-5-8/h9H,2-4H2,1H3,(H,10,11). The second kappa shape index (κ2) is 2.89. The molecule has 1 atom stereocenters. The van der Waals surface area contributed by atoms with Crippen molar-refractivity contribution in [1.82, 2.24) is 10.6 Å². The second-order valence-electron chi connectivity index (χ2n) is 3.05. The van der Waals surface area contributed by atoms with Crippen LogP contribution in [0.25, 0.3) is 0 Å². The Kier molecular flexibility index (Phi) is 2.11. The minimum Gasteiger partial charge on any atom is -0.316 e. The van der Waals surface area contributed by atoms with Crippen molar-refractivity contribution in [1.29, 1.82) is 5.26 Å². The molecule has 1 rings (SSSR count). The first-order valence-corrected chi connectivity index (χ1v) is 3.59. The number of nitrogens with zero attached hydrogens (tertiary/aromatic N) is 1. The van der Waals surface area contributed by atoms with E-state index in [1.165, 1.54) is 0 Å². The van der Waals surface area contributed by atoms with E-state index in [1.54, 1.807) is 6.19 Å². The molecule has 0 aromatic heterocycles. The van der Waals surface area contributed by atoms with Crippen LogP contribution in [-0.2, 0) is 4.79 Å². The van der Waals surface area contributed by atoms with Gasteiger partial charge in [-0.05, 0) is 19.9 Å². The van der Waals surface area contributed by atoms with Crippen molar-refractivity contribution in [2.75, 3.05) is 13.1 Å². The van der Waals surface area contributed by atoms with E-state index in [-0.39, 0.29) is 11.3 Å². The second-order valence-corrected chi connectivity index (χ2v) is 3.05. The number of carbonyl (C=O) groups excluding carboxylic acids is 1. The molecule has 11 heavy (non-hydrogen) atoms. The van der Waals surface area contributed by atoms with Gasteiger partial charge in [0.2, 0.25) is 5.91 Å².